The van der Waals surface area contributed by atoms with Gasteiger partial charge in [0.2, 0.25) is 5.91 Å². The molecule has 4 rings (SSSR count). The maximum Gasteiger partial charge on any atom is 0.416 e. The summed E-state index contributed by atoms with van der Waals surface area (Å²) in [6, 6.07) is 14.7. The molecule has 3 aromatic carbocycles. The summed E-state index contributed by atoms with van der Waals surface area (Å²) in [7, 11) is 0. The molecule has 0 spiro atoms. The summed E-state index contributed by atoms with van der Waals surface area (Å²) in [6.07, 6.45) is -5.24. The molecule has 1 amide bonds. The molecule has 1 N–H and O–H groups in total. The molecule has 204 valence electrons. The van der Waals surface area contributed by atoms with Gasteiger partial charge in [-0.05, 0) is 55.3 Å². The van der Waals surface area contributed by atoms with Gasteiger partial charge in [-0.15, -0.1) is 0 Å². The van der Waals surface area contributed by atoms with Crippen LogP contribution in [0.4, 0.5) is 30.2 Å². The molecular weight excluding hydrogens is 515 g/mol. The second-order valence-electron chi connectivity index (χ2n) is 9.24. The Morgan fingerprint density at radius 2 is 1.69 bits per heavy atom. The number of halogens is 3. The van der Waals surface area contributed by atoms with Crippen LogP contribution in [0.5, 0.6) is 0 Å². The lowest BCUT2D eigenvalue weighted by atomic mass is 9.71. The summed E-state index contributed by atoms with van der Waals surface area (Å²) >= 11 is 0. The fraction of sp³-hybridized carbons (Fsp3) is 0.286. The number of rotatable bonds is 8. The molecule has 1 aliphatic rings. The molecular formula is C28H26F3N3O5. The average Bonchev–Trinajstić information content (AvgIpc) is 3.23. The lowest BCUT2D eigenvalue weighted by molar-refractivity contribution is -0.384. The number of non-ortho nitro benzene ring substituents is 1. The van der Waals surface area contributed by atoms with Crippen molar-refractivity contribution in [1.82, 2.24) is 0 Å². The number of carbonyl (C=O) groups excluding carboxylic acids is 1. The van der Waals surface area contributed by atoms with Crippen LogP contribution in [0, 0.1) is 10.1 Å². The van der Waals surface area contributed by atoms with E-state index in [4.69, 9.17) is 0 Å². The standard InChI is InChI=1S/C28H26F3N3O5/c1-3-32(4-2)21-12-8-18(9-13-21)25-27(26(36)37,19-10-14-22(15-11-19)34(38)39)17-24(35)33(25)23-7-5-6-20(16-23)28(29,30)31/h5-16,25H,3-4,17H2,1-2H3,(H,36,37)/t25-,27-/m1/s1. The molecule has 1 fully saturated rings. The van der Waals surface area contributed by atoms with Crippen molar-refractivity contribution in [2.24, 2.45) is 0 Å². The Bertz CT molecular complexity index is 1390. The third kappa shape index (κ3) is 4.91. The van der Waals surface area contributed by atoms with E-state index in [0.717, 1.165) is 47.9 Å². The first-order chi connectivity index (χ1) is 18.4. The highest BCUT2D eigenvalue weighted by Gasteiger charge is 2.59. The van der Waals surface area contributed by atoms with Crippen molar-refractivity contribution >= 4 is 28.9 Å². The topological polar surface area (TPSA) is 104 Å². The van der Waals surface area contributed by atoms with E-state index >= 15 is 0 Å². The normalized spacial score (nSPS) is 19.3. The molecule has 0 aliphatic carbocycles. The minimum absolute atomic E-state index is 0.0994. The van der Waals surface area contributed by atoms with E-state index in [1.165, 1.54) is 24.3 Å². The maximum absolute atomic E-state index is 13.6. The third-order valence-electron chi connectivity index (χ3n) is 7.19. The molecule has 0 radical (unpaired) electrons. The first kappa shape index (κ1) is 27.6. The van der Waals surface area contributed by atoms with E-state index in [1.54, 1.807) is 24.3 Å². The number of carbonyl (C=O) groups is 2. The van der Waals surface area contributed by atoms with Gasteiger partial charge in [0.05, 0.1) is 16.5 Å². The molecule has 3 aromatic rings. The first-order valence-electron chi connectivity index (χ1n) is 12.3. The highest BCUT2D eigenvalue weighted by atomic mass is 19.4. The van der Waals surface area contributed by atoms with Gasteiger partial charge in [-0.25, -0.2) is 0 Å². The van der Waals surface area contributed by atoms with Gasteiger partial charge >= 0.3 is 12.1 Å². The van der Waals surface area contributed by atoms with Crippen LogP contribution in [0.15, 0.2) is 72.8 Å². The molecule has 8 nitrogen and oxygen atoms in total. The number of nitro groups is 1. The summed E-state index contributed by atoms with van der Waals surface area (Å²) in [5.41, 5.74) is -1.90. The Morgan fingerprint density at radius 3 is 2.21 bits per heavy atom. The number of nitrogens with zero attached hydrogens (tertiary/aromatic N) is 3. The van der Waals surface area contributed by atoms with E-state index in [0.29, 0.717) is 5.56 Å². The maximum atomic E-state index is 13.6. The molecule has 11 heteroatoms. The van der Waals surface area contributed by atoms with Gasteiger partial charge < -0.3 is 14.9 Å². The van der Waals surface area contributed by atoms with Gasteiger partial charge in [0.1, 0.15) is 5.41 Å². The summed E-state index contributed by atoms with van der Waals surface area (Å²) in [6.45, 7) is 5.39. The Kier molecular flexibility index (Phi) is 7.36. The average molecular weight is 542 g/mol. The SMILES string of the molecule is CCN(CC)c1ccc([C@H]2N(c3cccc(C(F)(F)F)c3)C(=O)C[C@@]2(C(=O)O)c2ccc([N+](=O)[O-])cc2)cc1. The van der Waals surface area contributed by atoms with Crippen LogP contribution < -0.4 is 9.80 Å². The highest BCUT2D eigenvalue weighted by Crippen LogP contribution is 2.52. The van der Waals surface area contributed by atoms with E-state index in [2.05, 4.69) is 4.90 Å². The van der Waals surface area contributed by atoms with Gasteiger partial charge in [0, 0.05) is 43.0 Å². The molecule has 1 saturated heterocycles. The molecule has 0 aromatic heterocycles. The fourth-order valence-corrected chi connectivity index (χ4v) is 5.26. The number of carboxylic acid groups (broad SMARTS) is 1. The minimum atomic E-state index is -4.68. The Morgan fingerprint density at radius 1 is 1.08 bits per heavy atom. The second kappa shape index (κ2) is 10.4. The number of aliphatic carboxylic acids is 1. The smallest absolute Gasteiger partial charge is 0.416 e. The van der Waals surface area contributed by atoms with Crippen LogP contribution in [0.2, 0.25) is 0 Å². The van der Waals surface area contributed by atoms with Crippen LogP contribution >= 0.6 is 0 Å². The van der Waals surface area contributed by atoms with Crippen molar-refractivity contribution in [1.29, 1.82) is 0 Å². The van der Waals surface area contributed by atoms with Crippen LogP contribution in [0.25, 0.3) is 0 Å². The number of benzene rings is 3. The van der Waals surface area contributed by atoms with E-state index in [9.17, 15) is 38.0 Å². The number of alkyl halides is 3. The molecule has 2 atom stereocenters. The summed E-state index contributed by atoms with van der Waals surface area (Å²) < 4.78 is 40.7. The van der Waals surface area contributed by atoms with Crippen molar-refractivity contribution in [2.45, 2.75) is 37.9 Å². The third-order valence-corrected chi connectivity index (χ3v) is 7.19. The zero-order chi connectivity index (χ0) is 28.5. The van der Waals surface area contributed by atoms with Gasteiger partial charge in [0.15, 0.2) is 0 Å². The van der Waals surface area contributed by atoms with E-state index < -0.39 is 46.4 Å². The number of carboxylic acids is 1. The zero-order valence-electron chi connectivity index (χ0n) is 21.2. The fourth-order valence-electron chi connectivity index (χ4n) is 5.26. The number of nitro benzene ring substituents is 1. The van der Waals surface area contributed by atoms with Crippen molar-refractivity contribution in [2.75, 3.05) is 22.9 Å². The van der Waals surface area contributed by atoms with Crippen molar-refractivity contribution in [3.63, 3.8) is 0 Å². The molecule has 0 unspecified atom stereocenters. The lowest BCUT2D eigenvalue weighted by Crippen LogP contribution is -2.42. The predicted molar refractivity (Wildman–Crippen MR) is 139 cm³/mol. The summed E-state index contributed by atoms with van der Waals surface area (Å²) in [5, 5.41) is 21.8. The molecule has 0 bridgehead atoms. The number of amides is 1. The predicted octanol–water partition coefficient (Wildman–Crippen LogP) is 5.96. The monoisotopic (exact) mass is 541 g/mol. The van der Waals surface area contributed by atoms with Crippen molar-refractivity contribution in [3.05, 3.63) is 99.6 Å². The van der Waals surface area contributed by atoms with Crippen molar-refractivity contribution < 1.29 is 32.8 Å². The van der Waals surface area contributed by atoms with Gasteiger partial charge in [-0.2, -0.15) is 13.2 Å². The second-order valence-corrected chi connectivity index (χ2v) is 9.24. The number of hydrogen-bond donors (Lipinski definition) is 1. The first-order valence-corrected chi connectivity index (χ1v) is 12.3. The van der Waals surface area contributed by atoms with Crippen LogP contribution in [0.1, 0.15) is 43.0 Å². The van der Waals surface area contributed by atoms with Gasteiger partial charge in [-0.1, -0.05) is 30.3 Å². The van der Waals surface area contributed by atoms with Crippen molar-refractivity contribution in [3.8, 4) is 0 Å². The Labute approximate surface area is 222 Å². The van der Waals surface area contributed by atoms with Crippen LogP contribution in [-0.4, -0.2) is 35.0 Å². The Hall–Kier alpha value is -4.41. The summed E-state index contributed by atoms with van der Waals surface area (Å²) in [5.74, 6) is -2.06. The highest BCUT2D eigenvalue weighted by molar-refractivity contribution is 6.05. The molecule has 0 saturated carbocycles. The van der Waals surface area contributed by atoms with Crippen LogP contribution in [-0.2, 0) is 21.2 Å². The molecule has 1 heterocycles. The molecule has 1 aliphatic heterocycles. The number of hydrogen-bond acceptors (Lipinski definition) is 5. The largest absolute Gasteiger partial charge is 0.480 e. The lowest BCUT2D eigenvalue weighted by Gasteiger charge is -2.36. The van der Waals surface area contributed by atoms with Gasteiger partial charge in [-0.3, -0.25) is 19.7 Å². The molecule has 39 heavy (non-hydrogen) atoms. The quantitative estimate of drug-likeness (QED) is 0.279. The zero-order valence-corrected chi connectivity index (χ0v) is 21.2. The van der Waals surface area contributed by atoms with E-state index in [-0.39, 0.29) is 16.9 Å². The van der Waals surface area contributed by atoms with E-state index in [1.807, 2.05) is 13.8 Å². The Balaban J connectivity index is 1.95. The van der Waals surface area contributed by atoms with Crippen LogP contribution in [0.3, 0.4) is 0 Å². The number of anilines is 2. The van der Waals surface area contributed by atoms with Gasteiger partial charge in [0.25, 0.3) is 5.69 Å². The summed E-state index contributed by atoms with van der Waals surface area (Å²) in [4.78, 5) is 40.3. The minimum Gasteiger partial charge on any atom is -0.480 e.